The second kappa shape index (κ2) is 8.78. The van der Waals surface area contributed by atoms with E-state index >= 15 is 0 Å². The number of amides is 1. The van der Waals surface area contributed by atoms with E-state index in [0.717, 1.165) is 28.2 Å². The second-order valence-corrected chi connectivity index (χ2v) is 7.04. The van der Waals surface area contributed by atoms with Crippen LogP contribution in [0.25, 0.3) is 0 Å². The lowest BCUT2D eigenvalue weighted by molar-refractivity contribution is -0.131. The number of rotatable bonds is 7. The number of carbonyl (C=O) groups excluding carboxylic acids is 1. The van der Waals surface area contributed by atoms with Crippen LogP contribution in [0.3, 0.4) is 0 Å². The summed E-state index contributed by atoms with van der Waals surface area (Å²) < 4.78 is 11.0. The van der Waals surface area contributed by atoms with Gasteiger partial charge in [0.15, 0.2) is 11.5 Å². The van der Waals surface area contributed by atoms with Crippen molar-refractivity contribution in [2.24, 2.45) is 0 Å². The van der Waals surface area contributed by atoms with Gasteiger partial charge in [-0.2, -0.15) is 0 Å². The van der Waals surface area contributed by atoms with Gasteiger partial charge in [-0.3, -0.25) is 9.78 Å². The average molecular weight is 388 g/mol. The zero-order valence-corrected chi connectivity index (χ0v) is 16.5. The molecule has 0 saturated heterocycles. The molecule has 3 aromatic rings. The monoisotopic (exact) mass is 388 g/mol. The molecule has 1 aliphatic heterocycles. The van der Waals surface area contributed by atoms with Gasteiger partial charge in [0.05, 0.1) is 0 Å². The second-order valence-electron chi connectivity index (χ2n) is 7.04. The number of carbonyl (C=O) groups is 1. The molecule has 1 atom stereocenters. The van der Waals surface area contributed by atoms with E-state index in [-0.39, 0.29) is 18.6 Å². The maximum atomic E-state index is 13.2. The molecule has 29 heavy (non-hydrogen) atoms. The van der Waals surface area contributed by atoms with Gasteiger partial charge < -0.3 is 14.4 Å². The van der Waals surface area contributed by atoms with E-state index < -0.39 is 0 Å². The molecule has 1 aliphatic rings. The molecule has 0 radical (unpaired) electrons. The molecular formula is C24H24N2O3. The fourth-order valence-corrected chi connectivity index (χ4v) is 3.63. The van der Waals surface area contributed by atoms with Crippen LogP contribution in [0.4, 0.5) is 0 Å². The molecule has 5 heteroatoms. The van der Waals surface area contributed by atoms with Crippen molar-refractivity contribution < 1.29 is 14.3 Å². The highest BCUT2D eigenvalue weighted by molar-refractivity contribution is 5.78. The summed E-state index contributed by atoms with van der Waals surface area (Å²) in [6, 6.07) is 20.0. The maximum Gasteiger partial charge on any atom is 0.231 e. The molecular weight excluding hydrogens is 364 g/mol. The Morgan fingerprint density at radius 1 is 1.00 bits per heavy atom. The Morgan fingerprint density at radius 2 is 1.76 bits per heavy atom. The SMILES string of the molecule is CCN(Cc1ccncc1)C(=O)CC(c1ccccc1)c1ccc2c(c1)OCO2. The third-order valence-electron chi connectivity index (χ3n) is 5.24. The van der Waals surface area contributed by atoms with Gasteiger partial charge in [-0.05, 0) is 47.9 Å². The van der Waals surface area contributed by atoms with Gasteiger partial charge in [0.1, 0.15) is 0 Å². The average Bonchev–Trinajstić information content (AvgIpc) is 3.25. The number of benzene rings is 2. The molecule has 0 spiro atoms. The Morgan fingerprint density at radius 3 is 2.52 bits per heavy atom. The van der Waals surface area contributed by atoms with Crippen molar-refractivity contribution in [3.8, 4) is 11.5 Å². The first kappa shape index (κ1) is 19.0. The number of aromatic nitrogens is 1. The topological polar surface area (TPSA) is 51.7 Å². The van der Waals surface area contributed by atoms with Crippen molar-refractivity contribution in [3.05, 3.63) is 89.7 Å². The molecule has 1 amide bonds. The highest BCUT2D eigenvalue weighted by Crippen LogP contribution is 2.37. The van der Waals surface area contributed by atoms with E-state index in [0.29, 0.717) is 19.5 Å². The van der Waals surface area contributed by atoms with E-state index in [9.17, 15) is 4.79 Å². The summed E-state index contributed by atoms with van der Waals surface area (Å²) in [5.41, 5.74) is 3.24. The van der Waals surface area contributed by atoms with Crippen LogP contribution in [0.15, 0.2) is 73.1 Å². The van der Waals surface area contributed by atoms with Crippen molar-refractivity contribution in [2.75, 3.05) is 13.3 Å². The summed E-state index contributed by atoms with van der Waals surface area (Å²) >= 11 is 0. The summed E-state index contributed by atoms with van der Waals surface area (Å²) in [6.07, 6.45) is 3.91. The molecule has 0 saturated carbocycles. The van der Waals surface area contributed by atoms with Crippen molar-refractivity contribution in [2.45, 2.75) is 25.8 Å². The number of hydrogen-bond acceptors (Lipinski definition) is 4. The lowest BCUT2D eigenvalue weighted by atomic mass is 9.88. The molecule has 5 nitrogen and oxygen atoms in total. The van der Waals surface area contributed by atoms with E-state index in [1.807, 2.05) is 60.4 Å². The summed E-state index contributed by atoms with van der Waals surface area (Å²) in [7, 11) is 0. The van der Waals surface area contributed by atoms with E-state index in [4.69, 9.17) is 9.47 Å². The Hall–Kier alpha value is -3.34. The highest BCUT2D eigenvalue weighted by atomic mass is 16.7. The maximum absolute atomic E-state index is 13.2. The Kier molecular flexibility index (Phi) is 5.75. The third-order valence-corrected chi connectivity index (χ3v) is 5.24. The first-order valence-corrected chi connectivity index (χ1v) is 9.85. The van der Waals surface area contributed by atoms with Crippen molar-refractivity contribution in [3.63, 3.8) is 0 Å². The number of pyridine rings is 1. The molecule has 148 valence electrons. The van der Waals surface area contributed by atoms with Crippen LogP contribution < -0.4 is 9.47 Å². The minimum absolute atomic E-state index is 0.0512. The van der Waals surface area contributed by atoms with Gasteiger partial charge in [0.25, 0.3) is 0 Å². The minimum Gasteiger partial charge on any atom is -0.454 e. The molecule has 2 heterocycles. The van der Waals surface area contributed by atoms with Gasteiger partial charge in [-0.15, -0.1) is 0 Å². The lowest BCUT2D eigenvalue weighted by Crippen LogP contribution is -2.31. The molecule has 2 aromatic carbocycles. The van der Waals surface area contributed by atoms with Gasteiger partial charge in [-0.1, -0.05) is 36.4 Å². The van der Waals surface area contributed by atoms with Crippen LogP contribution in [0, 0.1) is 0 Å². The fourth-order valence-electron chi connectivity index (χ4n) is 3.63. The van der Waals surface area contributed by atoms with Gasteiger partial charge in [-0.25, -0.2) is 0 Å². The standard InChI is InChI=1S/C24H24N2O3/c1-2-26(16-18-10-12-25-13-11-18)24(27)15-21(19-6-4-3-5-7-19)20-8-9-22-23(14-20)29-17-28-22/h3-14,21H,2,15-17H2,1H3. The van der Waals surface area contributed by atoms with Crippen LogP contribution in [0.1, 0.15) is 36.0 Å². The zero-order valence-electron chi connectivity index (χ0n) is 16.5. The number of ether oxygens (including phenoxy) is 2. The van der Waals surface area contributed by atoms with Crippen LogP contribution >= 0.6 is 0 Å². The van der Waals surface area contributed by atoms with Gasteiger partial charge in [0.2, 0.25) is 12.7 Å². The van der Waals surface area contributed by atoms with Crippen LogP contribution in [-0.2, 0) is 11.3 Å². The number of fused-ring (bicyclic) bond motifs is 1. The minimum atomic E-state index is -0.0512. The smallest absolute Gasteiger partial charge is 0.231 e. The predicted molar refractivity (Wildman–Crippen MR) is 111 cm³/mol. The zero-order chi connectivity index (χ0) is 20.1. The van der Waals surface area contributed by atoms with E-state index in [2.05, 4.69) is 17.1 Å². The quantitative estimate of drug-likeness (QED) is 0.603. The largest absolute Gasteiger partial charge is 0.454 e. The predicted octanol–water partition coefficient (Wildman–Crippen LogP) is 4.38. The Balaban J connectivity index is 1.59. The molecule has 0 bridgehead atoms. The normalized spacial score (nSPS) is 13.1. The highest BCUT2D eigenvalue weighted by Gasteiger charge is 2.24. The van der Waals surface area contributed by atoms with Gasteiger partial charge in [0, 0.05) is 37.8 Å². The number of nitrogens with zero attached hydrogens (tertiary/aromatic N) is 2. The van der Waals surface area contributed by atoms with Crippen molar-refractivity contribution in [1.82, 2.24) is 9.88 Å². The summed E-state index contributed by atoms with van der Waals surface area (Å²) in [5.74, 6) is 1.56. The fraction of sp³-hybridized carbons (Fsp3) is 0.250. The van der Waals surface area contributed by atoms with E-state index in [1.54, 1.807) is 12.4 Å². The first-order chi connectivity index (χ1) is 14.2. The lowest BCUT2D eigenvalue weighted by Gasteiger charge is -2.25. The Bertz CT molecular complexity index is 960. The van der Waals surface area contributed by atoms with Gasteiger partial charge >= 0.3 is 0 Å². The molecule has 1 aromatic heterocycles. The summed E-state index contributed by atoms with van der Waals surface area (Å²) in [4.78, 5) is 19.2. The third kappa shape index (κ3) is 4.40. The summed E-state index contributed by atoms with van der Waals surface area (Å²) in [5, 5.41) is 0. The van der Waals surface area contributed by atoms with E-state index in [1.165, 1.54) is 0 Å². The molecule has 1 unspecified atom stereocenters. The molecule has 0 N–H and O–H groups in total. The molecule has 4 rings (SSSR count). The Labute approximate surface area is 170 Å². The van der Waals surface area contributed by atoms with Crippen LogP contribution in [0.5, 0.6) is 11.5 Å². The van der Waals surface area contributed by atoms with Crippen molar-refractivity contribution in [1.29, 1.82) is 0 Å². The van der Waals surface area contributed by atoms with Crippen LogP contribution in [-0.4, -0.2) is 29.1 Å². The summed E-state index contributed by atoms with van der Waals surface area (Å²) in [6.45, 7) is 3.49. The van der Waals surface area contributed by atoms with Crippen LogP contribution in [0.2, 0.25) is 0 Å². The first-order valence-electron chi connectivity index (χ1n) is 9.85. The number of hydrogen-bond donors (Lipinski definition) is 0. The molecule has 0 fully saturated rings. The van der Waals surface area contributed by atoms with Crippen molar-refractivity contribution >= 4 is 5.91 Å². The molecule has 0 aliphatic carbocycles.